The van der Waals surface area contributed by atoms with E-state index >= 15 is 0 Å². The van der Waals surface area contributed by atoms with Gasteiger partial charge in [0, 0.05) is 22.8 Å². The van der Waals surface area contributed by atoms with Gasteiger partial charge in [-0.2, -0.15) is 5.26 Å². The lowest BCUT2D eigenvalue weighted by molar-refractivity contribution is 0.0601. The van der Waals surface area contributed by atoms with Crippen molar-refractivity contribution in [2.24, 2.45) is 0 Å². The maximum atomic E-state index is 11.5. The molecule has 1 N–H and O–H groups in total. The largest absolute Gasteiger partial charge is 0.465 e. The van der Waals surface area contributed by atoms with Crippen LogP contribution >= 0.6 is 11.3 Å². The van der Waals surface area contributed by atoms with Gasteiger partial charge in [0.25, 0.3) is 0 Å². The SMILES string of the molecule is COC(=O)c1ccc(NC=C(C#N)c2nc(-c3ccc(C)cc3C)cs2)cc1. The number of aryl methyl sites for hydroxylation is 2. The van der Waals surface area contributed by atoms with Crippen LogP contribution in [0.5, 0.6) is 0 Å². The van der Waals surface area contributed by atoms with E-state index in [4.69, 9.17) is 0 Å². The molecular formula is C22H19N3O2S. The predicted octanol–water partition coefficient (Wildman–Crippen LogP) is 5.19. The van der Waals surface area contributed by atoms with E-state index in [0.717, 1.165) is 22.5 Å². The number of hydrogen-bond acceptors (Lipinski definition) is 6. The van der Waals surface area contributed by atoms with Crippen LogP contribution in [-0.4, -0.2) is 18.1 Å². The minimum absolute atomic E-state index is 0.387. The molecule has 0 amide bonds. The summed E-state index contributed by atoms with van der Waals surface area (Å²) in [6.07, 6.45) is 1.62. The van der Waals surface area contributed by atoms with E-state index in [1.807, 2.05) is 5.38 Å². The van der Waals surface area contributed by atoms with Gasteiger partial charge in [0.05, 0.1) is 18.4 Å². The molecule has 5 nitrogen and oxygen atoms in total. The van der Waals surface area contributed by atoms with Gasteiger partial charge in [-0.15, -0.1) is 11.3 Å². The van der Waals surface area contributed by atoms with Crippen LogP contribution in [0.4, 0.5) is 5.69 Å². The predicted molar refractivity (Wildman–Crippen MR) is 112 cm³/mol. The highest BCUT2D eigenvalue weighted by Crippen LogP contribution is 2.28. The number of aromatic nitrogens is 1. The second kappa shape index (κ2) is 8.51. The molecule has 2 aromatic carbocycles. The molecule has 6 heteroatoms. The van der Waals surface area contributed by atoms with Crippen molar-refractivity contribution in [2.45, 2.75) is 13.8 Å². The first-order chi connectivity index (χ1) is 13.5. The van der Waals surface area contributed by atoms with Crippen molar-refractivity contribution >= 4 is 28.6 Å². The Balaban J connectivity index is 1.79. The first-order valence-electron chi connectivity index (χ1n) is 8.60. The Labute approximate surface area is 167 Å². The zero-order chi connectivity index (χ0) is 20.1. The van der Waals surface area contributed by atoms with E-state index in [-0.39, 0.29) is 5.97 Å². The quantitative estimate of drug-likeness (QED) is 0.480. The lowest BCUT2D eigenvalue weighted by atomic mass is 10.0. The Bertz CT molecular complexity index is 1080. The van der Waals surface area contributed by atoms with Crippen molar-refractivity contribution in [3.63, 3.8) is 0 Å². The Hall–Kier alpha value is -3.43. The highest BCUT2D eigenvalue weighted by molar-refractivity contribution is 7.11. The maximum Gasteiger partial charge on any atom is 0.337 e. The Kier molecular flexibility index (Phi) is 5.87. The number of rotatable bonds is 5. The number of nitrogens with one attached hydrogen (secondary N) is 1. The van der Waals surface area contributed by atoms with Gasteiger partial charge in [0.2, 0.25) is 0 Å². The summed E-state index contributed by atoms with van der Waals surface area (Å²) in [6.45, 7) is 4.12. The molecule has 0 atom stereocenters. The third-order valence-electron chi connectivity index (χ3n) is 4.20. The number of anilines is 1. The molecule has 0 aliphatic rings. The van der Waals surface area contributed by atoms with Crippen LogP contribution in [0.1, 0.15) is 26.5 Å². The van der Waals surface area contributed by atoms with Crippen molar-refractivity contribution in [1.29, 1.82) is 5.26 Å². The molecule has 0 aliphatic heterocycles. The van der Waals surface area contributed by atoms with Crippen molar-refractivity contribution < 1.29 is 9.53 Å². The first-order valence-corrected chi connectivity index (χ1v) is 9.48. The van der Waals surface area contributed by atoms with Gasteiger partial charge in [-0.05, 0) is 43.7 Å². The molecule has 0 radical (unpaired) electrons. The van der Waals surface area contributed by atoms with E-state index < -0.39 is 0 Å². The zero-order valence-electron chi connectivity index (χ0n) is 15.8. The third kappa shape index (κ3) is 4.27. The van der Waals surface area contributed by atoms with Crippen LogP contribution in [0.15, 0.2) is 54.0 Å². The molecule has 140 valence electrons. The fraction of sp³-hybridized carbons (Fsp3) is 0.136. The topological polar surface area (TPSA) is 75.0 Å². The fourth-order valence-electron chi connectivity index (χ4n) is 2.74. The molecule has 0 aliphatic carbocycles. The maximum absolute atomic E-state index is 11.5. The number of benzene rings is 2. The van der Waals surface area contributed by atoms with Crippen LogP contribution in [0.3, 0.4) is 0 Å². The fourth-order valence-corrected chi connectivity index (χ4v) is 3.53. The third-order valence-corrected chi connectivity index (χ3v) is 5.08. The van der Waals surface area contributed by atoms with E-state index in [1.165, 1.54) is 24.0 Å². The monoisotopic (exact) mass is 389 g/mol. The number of carbonyl (C=O) groups is 1. The second-order valence-corrected chi connectivity index (χ2v) is 7.10. The number of carbonyl (C=O) groups excluding carboxylic acids is 1. The second-order valence-electron chi connectivity index (χ2n) is 6.24. The van der Waals surface area contributed by atoms with Crippen molar-refractivity contribution in [3.8, 4) is 17.3 Å². The van der Waals surface area contributed by atoms with Crippen LogP contribution in [0.25, 0.3) is 16.8 Å². The molecule has 3 aromatic rings. The van der Waals surface area contributed by atoms with E-state index in [9.17, 15) is 10.1 Å². The van der Waals surface area contributed by atoms with Crippen molar-refractivity contribution in [2.75, 3.05) is 12.4 Å². The summed E-state index contributed by atoms with van der Waals surface area (Å²) >= 11 is 1.43. The Morgan fingerprint density at radius 3 is 2.61 bits per heavy atom. The molecule has 0 saturated carbocycles. The lowest BCUT2D eigenvalue weighted by Gasteiger charge is -2.04. The van der Waals surface area contributed by atoms with E-state index in [1.54, 1.807) is 30.5 Å². The smallest absolute Gasteiger partial charge is 0.337 e. The average Bonchev–Trinajstić information content (AvgIpc) is 3.18. The van der Waals surface area contributed by atoms with Crippen molar-refractivity contribution in [3.05, 3.63) is 75.7 Å². The number of allylic oxidation sites excluding steroid dienone is 1. The van der Waals surface area contributed by atoms with Gasteiger partial charge < -0.3 is 10.1 Å². The highest BCUT2D eigenvalue weighted by atomic mass is 32.1. The average molecular weight is 389 g/mol. The minimum atomic E-state index is -0.387. The normalized spacial score (nSPS) is 11.0. The molecule has 0 spiro atoms. The molecular weight excluding hydrogens is 370 g/mol. The van der Waals surface area contributed by atoms with Gasteiger partial charge in [-0.1, -0.05) is 23.8 Å². The summed E-state index contributed by atoms with van der Waals surface area (Å²) < 4.78 is 4.68. The van der Waals surface area contributed by atoms with Crippen LogP contribution in [0.2, 0.25) is 0 Å². The molecule has 0 fully saturated rings. The summed E-state index contributed by atoms with van der Waals surface area (Å²) in [7, 11) is 1.34. The van der Waals surface area contributed by atoms with Gasteiger partial charge >= 0.3 is 5.97 Å². The van der Waals surface area contributed by atoms with Crippen molar-refractivity contribution in [1.82, 2.24) is 4.98 Å². The molecule has 1 aromatic heterocycles. The van der Waals surface area contributed by atoms with Crippen LogP contribution < -0.4 is 5.32 Å². The Morgan fingerprint density at radius 2 is 1.96 bits per heavy atom. The summed E-state index contributed by atoms with van der Waals surface area (Å²) in [4.78, 5) is 16.1. The molecule has 0 saturated heterocycles. The van der Waals surface area contributed by atoms with Gasteiger partial charge in [-0.3, -0.25) is 0 Å². The number of hydrogen-bond donors (Lipinski definition) is 1. The summed E-state index contributed by atoms with van der Waals surface area (Å²) in [5.74, 6) is -0.387. The number of methoxy groups -OCH3 is 1. The van der Waals surface area contributed by atoms with Gasteiger partial charge in [0.15, 0.2) is 0 Å². The van der Waals surface area contributed by atoms with E-state index in [0.29, 0.717) is 16.1 Å². The van der Waals surface area contributed by atoms with Crippen LogP contribution in [-0.2, 0) is 4.74 Å². The summed E-state index contributed by atoms with van der Waals surface area (Å²) in [6, 6.07) is 15.2. The van der Waals surface area contributed by atoms with Gasteiger partial charge in [-0.25, -0.2) is 9.78 Å². The summed E-state index contributed by atoms with van der Waals surface area (Å²) in [5.41, 5.74) is 5.96. The summed E-state index contributed by atoms with van der Waals surface area (Å²) in [5, 5.41) is 15.2. The number of nitrogens with zero attached hydrogens (tertiary/aromatic N) is 2. The standard InChI is InChI=1S/C22H19N3O2S/c1-14-4-9-19(15(2)10-14)20-13-28-21(25-20)17(11-23)12-24-18-7-5-16(6-8-18)22(26)27-3/h4-10,12-13,24H,1-3H3. The highest BCUT2D eigenvalue weighted by Gasteiger charge is 2.11. The lowest BCUT2D eigenvalue weighted by Crippen LogP contribution is -2.00. The van der Waals surface area contributed by atoms with E-state index in [2.05, 4.69) is 53.2 Å². The minimum Gasteiger partial charge on any atom is -0.465 e. The number of thiazole rings is 1. The molecule has 3 rings (SSSR count). The van der Waals surface area contributed by atoms with Crippen LogP contribution in [0, 0.1) is 25.2 Å². The molecule has 1 heterocycles. The molecule has 0 unspecified atom stereocenters. The molecule has 0 bridgehead atoms. The number of ether oxygens (including phenoxy) is 1. The van der Waals surface area contributed by atoms with Gasteiger partial charge in [0.1, 0.15) is 16.6 Å². The zero-order valence-corrected chi connectivity index (χ0v) is 16.6. The Morgan fingerprint density at radius 1 is 1.21 bits per heavy atom. The number of nitriles is 1. The first kappa shape index (κ1) is 19.3. The molecule has 28 heavy (non-hydrogen) atoms. The number of esters is 1.